The van der Waals surface area contributed by atoms with Gasteiger partial charge < -0.3 is 10.2 Å². The molecule has 0 spiro atoms. The first-order valence-electron chi connectivity index (χ1n) is 13.6. The molecule has 0 aliphatic heterocycles. The van der Waals surface area contributed by atoms with Gasteiger partial charge in [0.1, 0.15) is 12.6 Å². The third-order valence-corrected chi connectivity index (χ3v) is 9.22. The minimum absolute atomic E-state index is 0.00661. The summed E-state index contributed by atoms with van der Waals surface area (Å²) in [7, 11) is -4.14. The Balaban J connectivity index is 2.10. The number of halogens is 2. The van der Waals surface area contributed by atoms with Crippen molar-refractivity contribution in [1.82, 2.24) is 10.2 Å². The van der Waals surface area contributed by atoms with E-state index >= 15 is 0 Å². The highest BCUT2D eigenvalue weighted by Crippen LogP contribution is 2.28. The van der Waals surface area contributed by atoms with E-state index < -0.39 is 28.5 Å². The number of carbonyl (C=O) groups excluding carboxylic acids is 2. The Kier molecular flexibility index (Phi) is 11.2. The normalized spacial score (nSPS) is 12.9. The maximum absolute atomic E-state index is 14.2. The van der Waals surface area contributed by atoms with Gasteiger partial charge in [0.05, 0.1) is 10.6 Å². The predicted octanol–water partition coefficient (Wildman–Crippen LogP) is 6.53. The van der Waals surface area contributed by atoms with Crippen molar-refractivity contribution in [2.45, 2.75) is 71.0 Å². The van der Waals surface area contributed by atoms with Gasteiger partial charge >= 0.3 is 0 Å². The molecule has 220 valence electrons. The molecule has 3 rings (SSSR count). The van der Waals surface area contributed by atoms with Gasteiger partial charge in [0.2, 0.25) is 11.8 Å². The van der Waals surface area contributed by atoms with Crippen LogP contribution >= 0.6 is 23.2 Å². The quantitative estimate of drug-likeness (QED) is 0.250. The maximum atomic E-state index is 14.2. The Labute approximate surface area is 253 Å². The highest BCUT2D eigenvalue weighted by molar-refractivity contribution is 7.92. The Morgan fingerprint density at radius 1 is 0.902 bits per heavy atom. The second kappa shape index (κ2) is 14.2. The highest BCUT2D eigenvalue weighted by atomic mass is 35.5. The molecule has 3 aromatic carbocycles. The molecule has 0 unspecified atom stereocenters. The summed E-state index contributed by atoms with van der Waals surface area (Å²) in [5.41, 5.74) is 2.65. The van der Waals surface area contributed by atoms with E-state index in [0.29, 0.717) is 27.7 Å². The second-order valence-electron chi connectivity index (χ2n) is 10.2. The number of nitrogens with zero attached hydrogens (tertiary/aromatic N) is 2. The van der Waals surface area contributed by atoms with E-state index in [9.17, 15) is 18.0 Å². The summed E-state index contributed by atoms with van der Waals surface area (Å²) in [6.07, 6.45) is 1.03. The molecule has 10 heteroatoms. The van der Waals surface area contributed by atoms with E-state index in [1.165, 1.54) is 17.0 Å². The van der Waals surface area contributed by atoms with Gasteiger partial charge in [0, 0.05) is 22.6 Å². The number of hydrogen-bond donors (Lipinski definition) is 1. The third-order valence-electron chi connectivity index (χ3n) is 6.85. The highest BCUT2D eigenvalue weighted by Gasteiger charge is 2.34. The van der Waals surface area contributed by atoms with Crippen LogP contribution in [0.3, 0.4) is 0 Å². The first-order chi connectivity index (χ1) is 19.4. The molecule has 3 aromatic rings. The van der Waals surface area contributed by atoms with E-state index in [1.54, 1.807) is 48.5 Å². The van der Waals surface area contributed by atoms with Crippen LogP contribution in [0.25, 0.3) is 0 Å². The fourth-order valence-corrected chi connectivity index (χ4v) is 6.42. The first-order valence-corrected chi connectivity index (χ1v) is 15.8. The first kappa shape index (κ1) is 32.4. The summed E-state index contributed by atoms with van der Waals surface area (Å²) < 4.78 is 29.0. The van der Waals surface area contributed by atoms with Gasteiger partial charge in [0.15, 0.2) is 0 Å². The smallest absolute Gasteiger partial charge is 0.264 e. The fraction of sp³-hybridized carbons (Fsp3) is 0.355. The Morgan fingerprint density at radius 3 is 2.10 bits per heavy atom. The van der Waals surface area contributed by atoms with Gasteiger partial charge in [0.25, 0.3) is 10.0 Å². The van der Waals surface area contributed by atoms with E-state index in [2.05, 4.69) is 5.32 Å². The van der Waals surface area contributed by atoms with Crippen molar-refractivity contribution in [1.29, 1.82) is 0 Å². The summed E-state index contributed by atoms with van der Waals surface area (Å²) in [4.78, 5) is 29.0. The molecule has 41 heavy (non-hydrogen) atoms. The van der Waals surface area contributed by atoms with Crippen molar-refractivity contribution < 1.29 is 18.0 Å². The molecule has 2 amide bonds. The molecule has 0 saturated carbocycles. The largest absolute Gasteiger partial charge is 0.352 e. The molecule has 0 radical (unpaired) electrons. The van der Waals surface area contributed by atoms with Gasteiger partial charge in [-0.3, -0.25) is 13.9 Å². The van der Waals surface area contributed by atoms with Crippen LogP contribution in [0.5, 0.6) is 0 Å². The summed E-state index contributed by atoms with van der Waals surface area (Å²) in [6, 6.07) is 17.4. The Hall–Kier alpha value is -3.07. The number of anilines is 1. The van der Waals surface area contributed by atoms with E-state index in [-0.39, 0.29) is 23.4 Å². The molecule has 0 aliphatic carbocycles. The van der Waals surface area contributed by atoms with Crippen molar-refractivity contribution in [3.63, 3.8) is 0 Å². The van der Waals surface area contributed by atoms with Gasteiger partial charge in [-0.05, 0) is 86.7 Å². The molecule has 0 fully saturated rings. The van der Waals surface area contributed by atoms with E-state index in [4.69, 9.17) is 23.2 Å². The number of hydrogen-bond acceptors (Lipinski definition) is 4. The molecular weight excluding hydrogens is 581 g/mol. The zero-order chi connectivity index (χ0) is 30.3. The van der Waals surface area contributed by atoms with Gasteiger partial charge in [-0.2, -0.15) is 0 Å². The number of sulfonamides is 1. The lowest BCUT2D eigenvalue weighted by molar-refractivity contribution is -0.140. The standard InChI is InChI=1S/C31H37Cl2N3O4S/c1-6-23(5)34-31(38)29(7-2)35(19-24-13-14-25(32)18-28(24)33)30(37)20-36(26-16-21(3)15-22(4)17-26)41(39,40)27-11-9-8-10-12-27/h8-18,23,29H,6-7,19-20H2,1-5H3,(H,34,38)/t23-,29+/m0/s1. The van der Waals surface area contributed by atoms with Crippen LogP contribution in [-0.2, 0) is 26.2 Å². The lowest BCUT2D eigenvalue weighted by Gasteiger charge is -2.34. The zero-order valence-electron chi connectivity index (χ0n) is 24.0. The molecule has 7 nitrogen and oxygen atoms in total. The van der Waals surface area contributed by atoms with Gasteiger partial charge in [-0.25, -0.2) is 8.42 Å². The molecule has 1 N–H and O–H groups in total. The van der Waals surface area contributed by atoms with Crippen molar-refractivity contribution in [3.05, 3.63) is 93.5 Å². The third kappa shape index (κ3) is 8.24. The average Bonchev–Trinajstić information content (AvgIpc) is 2.92. The molecule has 0 heterocycles. The number of amides is 2. The van der Waals surface area contributed by atoms with Crippen LogP contribution in [0.1, 0.15) is 50.3 Å². The van der Waals surface area contributed by atoms with E-state index in [1.807, 2.05) is 40.7 Å². The number of nitrogens with one attached hydrogen (secondary N) is 1. The molecule has 0 bridgehead atoms. The van der Waals surface area contributed by atoms with Crippen molar-refractivity contribution in [2.24, 2.45) is 0 Å². The lowest BCUT2D eigenvalue weighted by atomic mass is 10.1. The van der Waals surface area contributed by atoms with Crippen molar-refractivity contribution in [2.75, 3.05) is 10.8 Å². The van der Waals surface area contributed by atoms with Crippen LogP contribution in [0.2, 0.25) is 10.0 Å². The average molecular weight is 619 g/mol. The van der Waals surface area contributed by atoms with Crippen LogP contribution < -0.4 is 9.62 Å². The molecule has 0 aliphatic rings. The number of aryl methyl sites for hydroxylation is 2. The van der Waals surface area contributed by atoms with Gasteiger partial charge in [-0.1, -0.05) is 67.4 Å². The summed E-state index contributed by atoms with van der Waals surface area (Å²) >= 11 is 12.6. The molecule has 0 aromatic heterocycles. The number of carbonyl (C=O) groups is 2. The minimum Gasteiger partial charge on any atom is -0.352 e. The Morgan fingerprint density at radius 2 is 1.54 bits per heavy atom. The minimum atomic E-state index is -4.14. The van der Waals surface area contributed by atoms with Crippen LogP contribution in [0, 0.1) is 13.8 Å². The fourth-order valence-electron chi connectivity index (χ4n) is 4.54. The molecule has 2 atom stereocenters. The van der Waals surface area contributed by atoms with Crippen molar-refractivity contribution in [3.8, 4) is 0 Å². The summed E-state index contributed by atoms with van der Waals surface area (Å²) in [5.74, 6) is -0.856. The topological polar surface area (TPSA) is 86.8 Å². The van der Waals surface area contributed by atoms with Crippen LogP contribution in [-0.4, -0.2) is 43.8 Å². The summed E-state index contributed by atoms with van der Waals surface area (Å²) in [6.45, 7) is 8.87. The monoisotopic (exact) mass is 617 g/mol. The van der Waals surface area contributed by atoms with Gasteiger partial charge in [-0.15, -0.1) is 0 Å². The predicted molar refractivity (Wildman–Crippen MR) is 166 cm³/mol. The van der Waals surface area contributed by atoms with Crippen LogP contribution in [0.4, 0.5) is 5.69 Å². The molecular formula is C31H37Cl2N3O4S. The summed E-state index contributed by atoms with van der Waals surface area (Å²) in [5, 5.41) is 3.74. The lowest BCUT2D eigenvalue weighted by Crippen LogP contribution is -2.53. The molecule has 0 saturated heterocycles. The Bertz CT molecular complexity index is 1460. The van der Waals surface area contributed by atoms with Crippen molar-refractivity contribution >= 4 is 50.7 Å². The second-order valence-corrected chi connectivity index (χ2v) is 12.9. The number of benzene rings is 3. The SMILES string of the molecule is CC[C@H](C(=O)N[C@@H](C)CC)N(Cc1ccc(Cl)cc1Cl)C(=O)CN(c1cc(C)cc(C)c1)S(=O)(=O)c1ccccc1. The van der Waals surface area contributed by atoms with E-state index in [0.717, 1.165) is 21.9 Å². The number of rotatable bonds is 12. The van der Waals surface area contributed by atoms with Crippen LogP contribution in [0.15, 0.2) is 71.6 Å². The zero-order valence-corrected chi connectivity index (χ0v) is 26.4. The maximum Gasteiger partial charge on any atom is 0.264 e.